The van der Waals surface area contributed by atoms with Gasteiger partial charge in [-0.1, -0.05) is 106 Å². The summed E-state index contributed by atoms with van der Waals surface area (Å²) in [6.45, 7) is 2.70. The van der Waals surface area contributed by atoms with E-state index in [-0.39, 0.29) is 11.3 Å². The lowest BCUT2D eigenvalue weighted by Crippen LogP contribution is -2.55. The number of alkyl halides is 3. The van der Waals surface area contributed by atoms with Crippen molar-refractivity contribution in [3.63, 3.8) is 0 Å². The van der Waals surface area contributed by atoms with Crippen molar-refractivity contribution in [3.8, 4) is 0 Å². The summed E-state index contributed by atoms with van der Waals surface area (Å²) in [5.41, 5.74) is 7.67. The van der Waals surface area contributed by atoms with Crippen LogP contribution in [0.5, 0.6) is 0 Å². The minimum Gasteiger partial charge on any atom is -0.419 e. The molecule has 0 spiro atoms. The van der Waals surface area contributed by atoms with E-state index in [2.05, 4.69) is 5.23 Å². The quantitative estimate of drug-likeness (QED) is 0.246. The van der Waals surface area contributed by atoms with E-state index < -0.39 is 22.3 Å². The lowest BCUT2D eigenvalue weighted by atomic mass is 9.50. The summed E-state index contributed by atoms with van der Waals surface area (Å²) in [4.78, 5) is 23.9. The Bertz CT molecular complexity index is 847. The summed E-state index contributed by atoms with van der Waals surface area (Å²) in [5.74, 6) is -1.56. The third-order valence-electron chi connectivity index (χ3n) is 3.96. The Labute approximate surface area is 173 Å². The molecule has 27 heavy (non-hydrogen) atoms. The van der Waals surface area contributed by atoms with E-state index in [0.29, 0.717) is 0 Å². The molecule has 0 aliphatic rings. The van der Waals surface area contributed by atoms with Crippen LogP contribution in [0.3, 0.4) is 0 Å². The van der Waals surface area contributed by atoms with Crippen LogP contribution in [0.25, 0.3) is 0 Å². The van der Waals surface area contributed by atoms with E-state index in [9.17, 15) is 9.59 Å². The topological polar surface area (TPSA) is 72.2 Å². The van der Waals surface area contributed by atoms with Crippen molar-refractivity contribution in [1.82, 2.24) is 5.23 Å². The van der Waals surface area contributed by atoms with Crippen LogP contribution in [0.4, 0.5) is 0 Å². The molecule has 4 nitrogen and oxygen atoms in total. The molecule has 0 saturated carbocycles. The van der Waals surface area contributed by atoms with Crippen molar-refractivity contribution in [2.24, 2.45) is 5.73 Å². The molecule has 0 saturated heterocycles. The zero-order valence-electron chi connectivity index (χ0n) is 14.8. The molecule has 0 unspecified atom stereocenters. The molecule has 0 fully saturated rings. The Morgan fingerprint density at radius 1 is 0.963 bits per heavy atom. The van der Waals surface area contributed by atoms with Gasteiger partial charge >= 0.3 is 6.85 Å². The van der Waals surface area contributed by atoms with Crippen LogP contribution in [-0.2, 0) is 9.59 Å². The molecule has 0 aliphatic heterocycles. The van der Waals surface area contributed by atoms with Gasteiger partial charge in [0, 0.05) is 0 Å². The summed E-state index contributed by atoms with van der Waals surface area (Å²) < 4.78 is -2.05. The third kappa shape index (κ3) is 5.52. The van der Waals surface area contributed by atoms with Crippen molar-refractivity contribution >= 4 is 64.3 Å². The smallest absolute Gasteiger partial charge is 0.320 e. The number of ketones is 1. The Morgan fingerprint density at radius 3 is 1.93 bits per heavy atom. The van der Waals surface area contributed by atoms with E-state index in [1.165, 1.54) is 6.92 Å². The van der Waals surface area contributed by atoms with Crippen LogP contribution in [0.1, 0.15) is 12.5 Å². The highest BCUT2D eigenvalue weighted by atomic mass is 35.6. The number of halogens is 3. The summed E-state index contributed by atoms with van der Waals surface area (Å²) in [6.07, 6.45) is 0. The Hall–Kier alpha value is -1.95. The lowest BCUT2D eigenvalue weighted by Gasteiger charge is -2.25. The van der Waals surface area contributed by atoms with Gasteiger partial charge in [0.1, 0.15) is 5.57 Å². The number of allylic oxidation sites excluding steroid dienone is 1. The predicted molar refractivity (Wildman–Crippen MR) is 113 cm³/mol. The van der Waals surface area contributed by atoms with E-state index in [4.69, 9.17) is 40.5 Å². The van der Waals surface area contributed by atoms with Crippen LogP contribution in [0, 0.1) is 6.92 Å². The molecular formula is C19H18BCl3N2O2. The van der Waals surface area contributed by atoms with Gasteiger partial charge in [-0.25, -0.2) is 0 Å². The van der Waals surface area contributed by atoms with Crippen LogP contribution in [0.15, 0.2) is 65.9 Å². The summed E-state index contributed by atoms with van der Waals surface area (Å²) >= 11 is 18.2. The molecule has 2 rings (SSSR count). The minimum absolute atomic E-state index is 0.151. The minimum atomic E-state index is -2.05. The SMILES string of the molecule is CC(=O)/C(C(N)=O)=C(/NB(c1ccccc1)c1ccc(C)cc1)C(Cl)(Cl)Cl. The van der Waals surface area contributed by atoms with Crippen LogP contribution in [0.2, 0.25) is 0 Å². The number of amides is 1. The molecule has 3 N–H and O–H groups in total. The Kier molecular flexibility index (Phi) is 6.98. The highest BCUT2D eigenvalue weighted by Crippen LogP contribution is 2.35. The van der Waals surface area contributed by atoms with Gasteiger partial charge in [-0.2, -0.15) is 0 Å². The zero-order valence-corrected chi connectivity index (χ0v) is 17.1. The molecule has 2 aromatic rings. The number of nitrogens with one attached hydrogen (secondary N) is 1. The van der Waals surface area contributed by atoms with Gasteiger partial charge in [-0.15, -0.1) is 0 Å². The molecule has 0 atom stereocenters. The number of carbonyl (C=O) groups excluding carboxylic acids is 2. The largest absolute Gasteiger partial charge is 0.419 e. The second kappa shape index (κ2) is 8.83. The number of Topliss-reactive ketones (excluding diaryl/α,β-unsaturated/α-hetero) is 1. The second-order valence-corrected chi connectivity index (χ2v) is 8.35. The molecule has 2 aromatic carbocycles. The maximum absolute atomic E-state index is 12.0. The van der Waals surface area contributed by atoms with E-state index in [1.54, 1.807) is 0 Å². The molecule has 0 radical (unpaired) electrons. The van der Waals surface area contributed by atoms with Crippen LogP contribution >= 0.6 is 34.8 Å². The lowest BCUT2D eigenvalue weighted by molar-refractivity contribution is -0.119. The van der Waals surface area contributed by atoms with Gasteiger partial charge in [0.25, 0.3) is 5.91 Å². The second-order valence-electron chi connectivity index (χ2n) is 6.07. The molecule has 1 amide bonds. The van der Waals surface area contributed by atoms with Crippen molar-refractivity contribution < 1.29 is 9.59 Å². The number of carbonyl (C=O) groups is 2. The summed E-state index contributed by atoms with van der Waals surface area (Å²) in [7, 11) is 0. The highest BCUT2D eigenvalue weighted by Gasteiger charge is 2.36. The fourth-order valence-corrected chi connectivity index (χ4v) is 3.12. The average Bonchev–Trinajstić information content (AvgIpc) is 2.58. The zero-order chi connectivity index (χ0) is 20.2. The molecular weight excluding hydrogens is 405 g/mol. The average molecular weight is 424 g/mol. The predicted octanol–water partition coefficient (Wildman–Crippen LogP) is 2.39. The van der Waals surface area contributed by atoms with Gasteiger partial charge in [-0.05, 0) is 13.8 Å². The fourth-order valence-electron chi connectivity index (χ4n) is 2.68. The number of hydrogen-bond donors (Lipinski definition) is 2. The molecule has 8 heteroatoms. The van der Waals surface area contributed by atoms with Gasteiger partial charge in [0.2, 0.25) is 3.79 Å². The maximum atomic E-state index is 12.0. The number of benzene rings is 2. The molecule has 140 valence electrons. The maximum Gasteiger partial charge on any atom is 0.320 e. The molecule has 0 aromatic heterocycles. The van der Waals surface area contributed by atoms with Crippen LogP contribution in [-0.4, -0.2) is 22.3 Å². The monoisotopic (exact) mass is 422 g/mol. The first-order valence-corrected chi connectivity index (χ1v) is 9.25. The van der Waals surface area contributed by atoms with Crippen molar-refractivity contribution in [1.29, 1.82) is 0 Å². The van der Waals surface area contributed by atoms with Gasteiger partial charge in [0.15, 0.2) is 5.78 Å². The number of aryl methyl sites for hydroxylation is 1. The standard InChI is InChI=1S/C19H18BCl3N2O2/c1-12-8-10-15(11-9-12)20(14-6-4-3-5-7-14)25-17(19(21,22)23)16(13(2)26)18(24)27/h3-11,25H,1-2H3,(H2,24,27)/b17-16-. The third-order valence-corrected chi connectivity index (χ3v) is 4.53. The van der Waals surface area contributed by atoms with E-state index in [0.717, 1.165) is 16.5 Å². The Balaban J connectivity index is 2.64. The number of rotatable bonds is 6. The highest BCUT2D eigenvalue weighted by molar-refractivity contribution is 6.84. The summed E-state index contributed by atoms with van der Waals surface area (Å²) in [6, 6.07) is 17.2. The van der Waals surface area contributed by atoms with Crippen molar-refractivity contribution in [2.75, 3.05) is 0 Å². The first-order valence-electron chi connectivity index (χ1n) is 8.11. The molecule has 0 aliphatic carbocycles. The Morgan fingerprint density at radius 2 is 1.48 bits per heavy atom. The molecule has 0 heterocycles. The van der Waals surface area contributed by atoms with Gasteiger partial charge in [-0.3, -0.25) is 9.59 Å². The summed E-state index contributed by atoms with van der Waals surface area (Å²) in [5, 5.41) is 3.07. The fraction of sp³-hybridized carbons (Fsp3) is 0.158. The number of hydrogen-bond acceptors (Lipinski definition) is 3. The first kappa shape index (κ1) is 21.4. The number of primary amides is 1. The van der Waals surface area contributed by atoms with Gasteiger partial charge < -0.3 is 11.0 Å². The van der Waals surface area contributed by atoms with E-state index >= 15 is 0 Å². The van der Waals surface area contributed by atoms with E-state index in [1.807, 2.05) is 61.5 Å². The normalized spacial score (nSPS) is 12.2. The molecule has 0 bridgehead atoms. The van der Waals surface area contributed by atoms with Crippen molar-refractivity contribution in [2.45, 2.75) is 17.6 Å². The van der Waals surface area contributed by atoms with Gasteiger partial charge in [0.05, 0.1) is 5.70 Å². The number of nitrogens with two attached hydrogens (primary N) is 1. The first-order chi connectivity index (χ1) is 12.6. The van der Waals surface area contributed by atoms with Crippen molar-refractivity contribution in [3.05, 3.63) is 71.4 Å². The van der Waals surface area contributed by atoms with Crippen LogP contribution < -0.4 is 21.9 Å².